The molecule has 0 spiro atoms. The number of aromatic nitrogens is 12. The normalized spacial score (nSPS) is 16.3. The number of carbonyl (C=O) groups is 4. The van der Waals surface area contributed by atoms with Crippen molar-refractivity contribution in [2.24, 2.45) is 0 Å². The van der Waals surface area contributed by atoms with Crippen LogP contribution < -0.4 is 65.7 Å². The Labute approximate surface area is 685 Å². The van der Waals surface area contributed by atoms with Crippen LogP contribution in [-0.4, -0.2) is 180 Å². The monoisotopic (exact) mass is 1600 g/mol. The number of fused-ring (bicyclic) bond motifs is 4. The topological polar surface area (TPSA) is 302 Å². The number of imidazole rings is 4. The summed E-state index contributed by atoms with van der Waals surface area (Å²) in [7, 11) is 4.91. The number of nitrogens with one attached hydrogen (secondary N) is 6. The Morgan fingerprint density at radius 2 is 0.761 bits per heavy atom. The van der Waals surface area contributed by atoms with Gasteiger partial charge in [0.05, 0.1) is 107 Å². The van der Waals surface area contributed by atoms with E-state index >= 15 is 0 Å². The zero-order valence-corrected chi connectivity index (χ0v) is 69.9. The van der Waals surface area contributed by atoms with Gasteiger partial charge in [0.1, 0.15) is 5.75 Å². The molecular weight excluding hydrogens is 1500 g/mol. The van der Waals surface area contributed by atoms with E-state index in [0.29, 0.717) is 16.7 Å². The average Bonchev–Trinajstić information content (AvgIpc) is 1.63. The number of halogens is 1. The molecule has 30 heteroatoms. The van der Waals surface area contributed by atoms with Crippen LogP contribution >= 0.6 is 11.6 Å². The van der Waals surface area contributed by atoms with Gasteiger partial charge in [-0.05, 0) is 154 Å². The predicted molar refractivity (Wildman–Crippen MR) is 461 cm³/mol. The molecule has 4 atom stereocenters. The molecule has 29 nitrogen and oxygen atoms in total. The second-order valence-corrected chi connectivity index (χ2v) is 30.7. The van der Waals surface area contributed by atoms with E-state index in [1.807, 2.05) is 158 Å². The molecule has 0 radical (unpaired) electrons. The maximum absolute atomic E-state index is 11.4. The van der Waals surface area contributed by atoms with Gasteiger partial charge in [-0.25, -0.2) is 38.0 Å². The molecular formula is C87H103ClN22O7. The smallest absolute Gasteiger partial charge is 0.217 e. The predicted octanol–water partition coefficient (Wildman–Crippen LogP) is 12.9. The van der Waals surface area contributed by atoms with E-state index in [4.69, 9.17) is 55.9 Å². The third-order valence-electron chi connectivity index (χ3n) is 20.8. The van der Waals surface area contributed by atoms with Crippen LogP contribution in [0.1, 0.15) is 101 Å². The summed E-state index contributed by atoms with van der Waals surface area (Å²) in [5, 5.41) is 37.6. The van der Waals surface area contributed by atoms with Gasteiger partial charge in [-0.2, -0.15) is 20.4 Å². The largest absolute Gasteiger partial charge is 0.497 e. The first kappa shape index (κ1) is 82.2. The van der Waals surface area contributed by atoms with Gasteiger partial charge in [-0.3, -0.25) is 19.2 Å². The van der Waals surface area contributed by atoms with Crippen molar-refractivity contribution in [1.82, 2.24) is 79.7 Å². The maximum atomic E-state index is 11.4. The van der Waals surface area contributed by atoms with Gasteiger partial charge in [-0.15, -0.1) is 0 Å². The van der Waals surface area contributed by atoms with Crippen molar-refractivity contribution < 1.29 is 33.4 Å². The highest BCUT2D eigenvalue weighted by atomic mass is 35.5. The number of amides is 4. The number of ether oxygens (including phenoxy) is 3. The number of aryl methyl sites for hydroxylation is 6. The number of methoxy groups -OCH3 is 3. The summed E-state index contributed by atoms with van der Waals surface area (Å²) in [5.41, 5.74) is 24.2. The lowest BCUT2D eigenvalue weighted by molar-refractivity contribution is -0.120. The first-order chi connectivity index (χ1) is 56.1. The van der Waals surface area contributed by atoms with Gasteiger partial charge in [0, 0.05) is 155 Å². The number of anilines is 6. The highest BCUT2D eigenvalue weighted by Gasteiger charge is 2.32. The number of carbonyl (C=O) groups excluding carboxylic acids is 4. The molecule has 12 aromatic rings. The summed E-state index contributed by atoms with van der Waals surface area (Å²) in [4.78, 5) is 74.1. The Balaban J connectivity index is 0.000000136. The third kappa shape index (κ3) is 18.6. The molecule has 4 aliphatic heterocycles. The van der Waals surface area contributed by atoms with Crippen LogP contribution in [0, 0.1) is 41.5 Å². The summed E-state index contributed by atoms with van der Waals surface area (Å²) >= 11 is 6.41. The zero-order valence-electron chi connectivity index (χ0n) is 69.1. The lowest BCUT2D eigenvalue weighted by Gasteiger charge is -2.20. The Kier molecular flexibility index (Phi) is 25.0. The molecule has 4 aliphatic rings. The highest BCUT2D eigenvalue weighted by Crippen LogP contribution is 2.40. The quantitative estimate of drug-likeness (QED) is 0.0438. The molecule has 0 bridgehead atoms. The summed E-state index contributed by atoms with van der Waals surface area (Å²) < 4.78 is 23.8. The van der Waals surface area contributed by atoms with E-state index in [1.54, 1.807) is 55.2 Å². The molecule has 16 rings (SSSR count). The van der Waals surface area contributed by atoms with E-state index in [-0.39, 0.29) is 47.8 Å². The van der Waals surface area contributed by atoms with E-state index in [0.717, 1.165) is 231 Å². The molecule has 8 aromatic heterocycles. The van der Waals surface area contributed by atoms with E-state index < -0.39 is 0 Å². The summed E-state index contributed by atoms with van der Waals surface area (Å²) in [6.45, 7) is 36.4. The molecule has 117 heavy (non-hydrogen) atoms. The van der Waals surface area contributed by atoms with Crippen molar-refractivity contribution >= 4 is 91.9 Å². The van der Waals surface area contributed by atoms with Gasteiger partial charge < -0.3 is 65.7 Å². The Bertz CT molecular complexity index is 5590. The molecule has 6 N–H and O–H groups in total. The third-order valence-corrected chi connectivity index (χ3v) is 21.0. The molecule has 4 aromatic carbocycles. The minimum atomic E-state index is -0.0121. The van der Waals surface area contributed by atoms with E-state index in [9.17, 15) is 19.2 Å². The first-order valence-corrected chi connectivity index (χ1v) is 39.6. The fourth-order valence-corrected chi connectivity index (χ4v) is 16.3. The standard InChI is InChI=1S/C23H28N6O.C22H25ClN6O.C21H25N5O3.C21H25N5O2/c1-14(2)24-19-8-6-7-18(12-19)22-16(4)25-23-21(11-15(3)27-29(22)23)28-10-9-20(13-28)26-17(5)30;1-13(2)24-17-7-5-6-16(10-17)21-14(3)25-22-19(11-20(23)27-29(21)22)28-9-8-18(12-28)26-15(4)30;1-13-20(15-5-6-18(28-3)19(11-15)29-4)26-21(23-13)17(7-9-22-26)25-10-8-16(12-25)24-14(2)27;1-13-10-19(25-9-8-17(12-25)23-15(3)27)21-22-14(2)20(26(21)24-13)16-6-5-7-18(11-16)28-4/h6-8,11-12,20,24H,1,9-10,13H2,2-5H3,(H,26,30);5-7,10-11,18,24H,1,8-9,12H2,2-4H3,(H,26,30);5-7,9,11,16H,8,10,12H2,1-4H3,(H,24,27);5-7,10-11,17H,8-9,12H2,1-4H3,(H,23,27)/t20-;18-;16-;17-/m1111/s1. The van der Waals surface area contributed by atoms with Crippen LogP contribution in [0.3, 0.4) is 0 Å². The van der Waals surface area contributed by atoms with Crippen molar-refractivity contribution in [3.8, 4) is 62.3 Å². The van der Waals surface area contributed by atoms with Gasteiger partial charge in [0.2, 0.25) is 23.6 Å². The molecule has 4 amide bonds. The van der Waals surface area contributed by atoms with Gasteiger partial charge in [0.15, 0.2) is 39.2 Å². The molecule has 0 saturated carbocycles. The van der Waals surface area contributed by atoms with Gasteiger partial charge in [-0.1, -0.05) is 61.2 Å². The van der Waals surface area contributed by atoms with Crippen LogP contribution in [0.15, 0.2) is 146 Å². The lowest BCUT2D eigenvalue weighted by Crippen LogP contribution is -2.35. The summed E-state index contributed by atoms with van der Waals surface area (Å²) in [5.74, 6) is 2.16. The SMILES string of the molecule is C=C(C)Nc1cccc(-c2c(C)nc3c(N4CC[C@@H](NC(C)=O)C4)cc(C)nn23)c1.C=C(C)Nc1cccc(-c2c(C)nc3c(N4CC[C@@H](NC(C)=O)C4)cc(Cl)nn23)c1.COc1ccc(-c2c(C)nc3c(N4CC[C@@H](NC(C)=O)C4)ccnn23)cc1OC.COc1cccc(-c2c(C)nc3c(N4CC[C@@H](NC(C)=O)C4)cc(C)nn23)c1. The number of hydrogen-bond acceptors (Lipinski definition) is 21. The van der Waals surface area contributed by atoms with Crippen LogP contribution in [0.25, 0.3) is 67.6 Å². The minimum Gasteiger partial charge on any atom is -0.497 e. The Morgan fingerprint density at radius 3 is 1.15 bits per heavy atom. The molecule has 12 heterocycles. The minimum absolute atomic E-state index is 0.00381. The molecule has 0 unspecified atom stereocenters. The number of hydrogen-bond donors (Lipinski definition) is 6. The molecule has 4 saturated heterocycles. The Hall–Kier alpha value is -12.8. The average molecular weight is 1600 g/mol. The van der Waals surface area contributed by atoms with Gasteiger partial charge >= 0.3 is 0 Å². The number of nitrogens with zero attached hydrogens (tertiary/aromatic N) is 16. The fraction of sp³-hybridized carbons (Fsp3) is 0.356. The van der Waals surface area contributed by atoms with Crippen molar-refractivity contribution in [2.45, 2.75) is 133 Å². The zero-order chi connectivity index (χ0) is 83.2. The fourth-order valence-electron chi connectivity index (χ4n) is 16.1. The molecule has 0 aliphatic carbocycles. The highest BCUT2D eigenvalue weighted by molar-refractivity contribution is 6.29. The number of benzene rings is 4. The molecule has 610 valence electrons. The van der Waals surface area contributed by atoms with Crippen molar-refractivity contribution in [3.05, 3.63) is 185 Å². The van der Waals surface area contributed by atoms with Crippen molar-refractivity contribution in [3.63, 3.8) is 0 Å². The first-order valence-electron chi connectivity index (χ1n) is 39.3. The van der Waals surface area contributed by atoms with E-state index in [1.165, 1.54) is 0 Å². The van der Waals surface area contributed by atoms with Gasteiger partial charge in [0.25, 0.3) is 0 Å². The van der Waals surface area contributed by atoms with Crippen LogP contribution in [0.2, 0.25) is 5.15 Å². The van der Waals surface area contributed by atoms with Crippen molar-refractivity contribution in [2.75, 3.05) is 104 Å². The Morgan fingerprint density at radius 1 is 0.402 bits per heavy atom. The maximum Gasteiger partial charge on any atom is 0.217 e. The summed E-state index contributed by atoms with van der Waals surface area (Å²) in [6.07, 6.45) is 5.44. The van der Waals surface area contributed by atoms with Crippen LogP contribution in [-0.2, 0) is 19.2 Å². The second-order valence-electron chi connectivity index (χ2n) is 30.3. The summed E-state index contributed by atoms with van der Waals surface area (Å²) in [6, 6.07) is 38.6. The van der Waals surface area contributed by atoms with Crippen LogP contribution in [0.5, 0.6) is 17.2 Å². The van der Waals surface area contributed by atoms with Crippen LogP contribution in [0.4, 0.5) is 34.1 Å². The number of rotatable bonds is 19. The lowest BCUT2D eigenvalue weighted by atomic mass is 10.1. The van der Waals surface area contributed by atoms with E-state index in [2.05, 4.69) is 105 Å². The molecule has 4 fully saturated rings. The number of allylic oxidation sites excluding steroid dienone is 2. The van der Waals surface area contributed by atoms with Crippen molar-refractivity contribution in [1.29, 1.82) is 0 Å². The second kappa shape index (κ2) is 35.5.